The van der Waals surface area contributed by atoms with E-state index in [4.69, 9.17) is 0 Å². The van der Waals surface area contributed by atoms with Crippen molar-refractivity contribution in [2.24, 2.45) is 5.92 Å². The predicted molar refractivity (Wildman–Crippen MR) is 92.8 cm³/mol. The second-order valence-corrected chi connectivity index (χ2v) is 6.63. The van der Waals surface area contributed by atoms with Crippen LogP contribution >= 0.6 is 0 Å². The zero-order valence-corrected chi connectivity index (χ0v) is 14.3. The fourth-order valence-corrected chi connectivity index (χ4v) is 3.73. The van der Waals surface area contributed by atoms with Gasteiger partial charge in [0.15, 0.2) is 0 Å². The third-order valence-electron chi connectivity index (χ3n) is 5.06. The molecule has 1 fully saturated rings. The standard InChI is InChI=1S/C20H33N/c1-4-13-21-20(15-17-9-7-8-10-17)19-14-16(5-2)11-12-18(19)6-3/h11-12,14,17,20-21H,4-10,13,15H2,1-3H3. The van der Waals surface area contributed by atoms with Gasteiger partial charge in [-0.05, 0) is 54.8 Å². The molecular weight excluding hydrogens is 254 g/mol. The number of benzene rings is 1. The van der Waals surface area contributed by atoms with Crippen LogP contribution in [0.15, 0.2) is 18.2 Å². The maximum Gasteiger partial charge on any atom is 0.0325 e. The highest BCUT2D eigenvalue weighted by Gasteiger charge is 2.22. The SMILES string of the molecule is CCCNC(CC1CCCC1)c1cc(CC)ccc1CC. The highest BCUT2D eigenvalue weighted by molar-refractivity contribution is 5.34. The van der Waals surface area contributed by atoms with Crippen LogP contribution in [0.25, 0.3) is 0 Å². The van der Waals surface area contributed by atoms with E-state index in [9.17, 15) is 0 Å². The molecule has 1 heteroatoms. The van der Waals surface area contributed by atoms with Crippen molar-refractivity contribution in [1.82, 2.24) is 5.32 Å². The third-order valence-corrected chi connectivity index (χ3v) is 5.06. The number of aryl methyl sites for hydroxylation is 2. The Balaban J connectivity index is 2.20. The van der Waals surface area contributed by atoms with Gasteiger partial charge in [0.05, 0.1) is 0 Å². The van der Waals surface area contributed by atoms with Crippen molar-refractivity contribution >= 4 is 0 Å². The Hall–Kier alpha value is -0.820. The number of nitrogens with one attached hydrogen (secondary N) is 1. The van der Waals surface area contributed by atoms with E-state index in [1.165, 1.54) is 44.1 Å². The highest BCUT2D eigenvalue weighted by atomic mass is 14.9. The lowest BCUT2D eigenvalue weighted by atomic mass is 9.88. The second-order valence-electron chi connectivity index (χ2n) is 6.63. The molecule has 0 amide bonds. The van der Waals surface area contributed by atoms with Crippen molar-refractivity contribution < 1.29 is 0 Å². The van der Waals surface area contributed by atoms with Gasteiger partial charge >= 0.3 is 0 Å². The summed E-state index contributed by atoms with van der Waals surface area (Å²) >= 11 is 0. The zero-order chi connectivity index (χ0) is 15.1. The van der Waals surface area contributed by atoms with Gasteiger partial charge in [0.2, 0.25) is 0 Å². The van der Waals surface area contributed by atoms with Crippen LogP contribution in [0.4, 0.5) is 0 Å². The van der Waals surface area contributed by atoms with Crippen LogP contribution < -0.4 is 5.32 Å². The fraction of sp³-hybridized carbons (Fsp3) is 0.700. The molecular formula is C20H33N. The van der Waals surface area contributed by atoms with Crippen LogP contribution in [-0.2, 0) is 12.8 Å². The van der Waals surface area contributed by atoms with E-state index in [-0.39, 0.29) is 0 Å². The first-order valence-electron chi connectivity index (χ1n) is 9.13. The lowest BCUT2D eigenvalue weighted by molar-refractivity contribution is 0.393. The molecule has 0 saturated heterocycles. The molecule has 1 saturated carbocycles. The monoisotopic (exact) mass is 287 g/mol. The quantitative estimate of drug-likeness (QED) is 0.672. The molecule has 2 rings (SSSR count). The van der Waals surface area contributed by atoms with E-state index in [1.54, 1.807) is 11.1 Å². The molecule has 0 aromatic heterocycles. The molecule has 21 heavy (non-hydrogen) atoms. The molecule has 0 heterocycles. The van der Waals surface area contributed by atoms with Crippen molar-refractivity contribution in [2.75, 3.05) is 6.54 Å². The van der Waals surface area contributed by atoms with Gasteiger partial charge in [-0.15, -0.1) is 0 Å². The van der Waals surface area contributed by atoms with Crippen LogP contribution in [0.3, 0.4) is 0 Å². The molecule has 1 N–H and O–H groups in total. The van der Waals surface area contributed by atoms with Crippen LogP contribution in [0.2, 0.25) is 0 Å². The lowest BCUT2D eigenvalue weighted by Crippen LogP contribution is -2.25. The van der Waals surface area contributed by atoms with Gasteiger partial charge in [0, 0.05) is 6.04 Å². The maximum absolute atomic E-state index is 3.84. The van der Waals surface area contributed by atoms with Crippen molar-refractivity contribution in [3.05, 3.63) is 34.9 Å². The largest absolute Gasteiger partial charge is 0.310 e. The topological polar surface area (TPSA) is 12.0 Å². The first-order valence-corrected chi connectivity index (χ1v) is 9.13. The summed E-state index contributed by atoms with van der Waals surface area (Å²) in [6.07, 6.45) is 10.6. The summed E-state index contributed by atoms with van der Waals surface area (Å²) in [6, 6.07) is 7.72. The average molecular weight is 287 g/mol. The van der Waals surface area contributed by atoms with Gasteiger partial charge in [0.25, 0.3) is 0 Å². The van der Waals surface area contributed by atoms with E-state index in [0.29, 0.717) is 6.04 Å². The molecule has 0 spiro atoms. The molecule has 1 aliphatic carbocycles. The lowest BCUT2D eigenvalue weighted by Gasteiger charge is -2.25. The predicted octanol–water partition coefficient (Wildman–Crippen LogP) is 5.43. The van der Waals surface area contributed by atoms with Gasteiger partial charge in [0.1, 0.15) is 0 Å². The molecule has 1 unspecified atom stereocenters. The molecule has 1 aliphatic rings. The summed E-state index contributed by atoms with van der Waals surface area (Å²) in [5.41, 5.74) is 4.60. The fourth-order valence-electron chi connectivity index (χ4n) is 3.73. The number of hydrogen-bond acceptors (Lipinski definition) is 1. The first-order chi connectivity index (χ1) is 10.3. The average Bonchev–Trinajstić information content (AvgIpc) is 3.03. The zero-order valence-electron chi connectivity index (χ0n) is 14.3. The van der Waals surface area contributed by atoms with E-state index in [1.807, 2.05) is 0 Å². The molecule has 1 aromatic rings. The second kappa shape index (κ2) is 8.58. The maximum atomic E-state index is 3.84. The number of rotatable bonds is 8. The van der Waals surface area contributed by atoms with Crippen molar-refractivity contribution in [1.29, 1.82) is 0 Å². The summed E-state index contributed by atoms with van der Waals surface area (Å²) < 4.78 is 0. The highest BCUT2D eigenvalue weighted by Crippen LogP contribution is 2.34. The third kappa shape index (κ3) is 4.57. The normalized spacial score (nSPS) is 17.3. The Bertz CT molecular complexity index is 418. The minimum absolute atomic E-state index is 0.564. The summed E-state index contributed by atoms with van der Waals surface area (Å²) in [7, 11) is 0. The van der Waals surface area contributed by atoms with Gasteiger partial charge in [-0.3, -0.25) is 0 Å². The Labute approximate surface area is 131 Å². The Morgan fingerprint density at radius 3 is 2.48 bits per heavy atom. The molecule has 1 nitrogen and oxygen atoms in total. The van der Waals surface area contributed by atoms with Gasteiger partial charge in [-0.1, -0.05) is 64.7 Å². The van der Waals surface area contributed by atoms with E-state index in [0.717, 1.165) is 25.3 Å². The van der Waals surface area contributed by atoms with Crippen LogP contribution in [-0.4, -0.2) is 6.54 Å². The molecule has 0 bridgehead atoms. The van der Waals surface area contributed by atoms with Gasteiger partial charge < -0.3 is 5.32 Å². The Kier molecular flexibility index (Phi) is 6.76. The van der Waals surface area contributed by atoms with Crippen molar-refractivity contribution in [2.45, 2.75) is 78.2 Å². The minimum Gasteiger partial charge on any atom is -0.310 e. The molecule has 1 aromatic carbocycles. The Morgan fingerprint density at radius 1 is 1.10 bits per heavy atom. The van der Waals surface area contributed by atoms with Crippen LogP contribution in [0, 0.1) is 5.92 Å². The van der Waals surface area contributed by atoms with E-state index in [2.05, 4.69) is 44.3 Å². The van der Waals surface area contributed by atoms with Crippen molar-refractivity contribution in [3.8, 4) is 0 Å². The molecule has 118 valence electrons. The van der Waals surface area contributed by atoms with Gasteiger partial charge in [-0.25, -0.2) is 0 Å². The molecule has 1 atom stereocenters. The summed E-state index contributed by atoms with van der Waals surface area (Å²) in [5.74, 6) is 0.939. The Morgan fingerprint density at radius 2 is 1.86 bits per heavy atom. The van der Waals surface area contributed by atoms with Crippen molar-refractivity contribution in [3.63, 3.8) is 0 Å². The minimum atomic E-state index is 0.564. The molecule has 0 radical (unpaired) electrons. The van der Waals surface area contributed by atoms with Crippen LogP contribution in [0.5, 0.6) is 0 Å². The van der Waals surface area contributed by atoms with Crippen LogP contribution in [0.1, 0.15) is 82.0 Å². The first kappa shape index (κ1) is 16.5. The van der Waals surface area contributed by atoms with E-state index < -0.39 is 0 Å². The summed E-state index contributed by atoms with van der Waals surface area (Å²) in [4.78, 5) is 0. The van der Waals surface area contributed by atoms with E-state index >= 15 is 0 Å². The molecule has 0 aliphatic heterocycles. The summed E-state index contributed by atoms with van der Waals surface area (Å²) in [6.45, 7) is 7.95. The summed E-state index contributed by atoms with van der Waals surface area (Å²) in [5, 5.41) is 3.84. The van der Waals surface area contributed by atoms with Gasteiger partial charge in [-0.2, -0.15) is 0 Å². The number of hydrogen-bond donors (Lipinski definition) is 1. The smallest absolute Gasteiger partial charge is 0.0325 e.